The molecule has 0 bridgehead atoms. The number of aliphatic hydroxyl groups is 1. The summed E-state index contributed by atoms with van der Waals surface area (Å²) >= 11 is 0. The minimum Gasteiger partial charge on any atom is -0.479 e. The van der Waals surface area contributed by atoms with Gasteiger partial charge in [-0.05, 0) is 86.2 Å². The van der Waals surface area contributed by atoms with E-state index in [0.29, 0.717) is 18.3 Å². The number of carboxylic acid groups (broad SMARTS) is 1. The molecule has 2 unspecified atom stereocenters. The quantitative estimate of drug-likeness (QED) is 0.609. The van der Waals surface area contributed by atoms with Gasteiger partial charge in [0.2, 0.25) is 0 Å². The Labute approximate surface area is 172 Å². The van der Waals surface area contributed by atoms with Crippen LogP contribution in [0, 0.1) is 28.6 Å². The molecule has 0 spiro atoms. The second kappa shape index (κ2) is 7.24. The van der Waals surface area contributed by atoms with Crippen LogP contribution in [-0.2, 0) is 14.4 Å². The van der Waals surface area contributed by atoms with Gasteiger partial charge in [0.05, 0.1) is 11.8 Å². The van der Waals surface area contributed by atoms with Gasteiger partial charge in [0, 0.05) is 5.92 Å². The second-order valence-electron chi connectivity index (χ2n) is 10.0. The Bertz CT molecular complexity index is 786. The third-order valence-electron chi connectivity index (χ3n) is 8.51. The van der Waals surface area contributed by atoms with Gasteiger partial charge < -0.3 is 10.2 Å². The Kier molecular flexibility index (Phi) is 5.14. The van der Waals surface area contributed by atoms with Crippen LogP contribution in [0.15, 0.2) is 22.9 Å². The molecule has 6 atom stereocenters. The first-order valence-electron chi connectivity index (χ1n) is 10.9. The van der Waals surface area contributed by atoms with Crippen molar-refractivity contribution >= 4 is 11.8 Å². The average molecular weight is 404 g/mol. The van der Waals surface area contributed by atoms with Gasteiger partial charge in [-0.1, -0.05) is 19.4 Å². The normalized spacial score (nSPS) is 41.2. The number of carbonyl (C=O) groups excluding carboxylic acids is 1. The third kappa shape index (κ3) is 3.25. The van der Waals surface area contributed by atoms with Gasteiger partial charge in [0.15, 0.2) is 6.61 Å². The number of rotatable bonds is 5. The smallest absolute Gasteiger partial charge is 0.332 e. The van der Waals surface area contributed by atoms with E-state index in [1.165, 1.54) is 11.1 Å². The van der Waals surface area contributed by atoms with E-state index in [4.69, 9.17) is 9.94 Å². The minimum atomic E-state index is -1.02. The molecule has 160 valence electrons. The minimum absolute atomic E-state index is 0.0161. The van der Waals surface area contributed by atoms with Crippen LogP contribution in [0.25, 0.3) is 0 Å². The standard InChI is InChI=1S/C23H33NO5/c1-13(25)16-4-5-17-21-18(7-9-23(16,17)3)22(2)8-6-15(26)10-14(22)11-19(21)24-29-12-20(27)28/h11,15-18,24,26H,4-10,12H2,1-3H3,(H,27,28)/t15-,16+,17?,18?,22-,23+/m0/s1. The number of carboxylic acids is 1. The zero-order valence-corrected chi connectivity index (χ0v) is 17.7. The Balaban J connectivity index is 1.76. The molecule has 3 saturated carbocycles. The summed E-state index contributed by atoms with van der Waals surface area (Å²) in [5.41, 5.74) is 6.32. The predicted molar refractivity (Wildman–Crippen MR) is 108 cm³/mol. The lowest BCUT2D eigenvalue weighted by atomic mass is 9.50. The fourth-order valence-electron chi connectivity index (χ4n) is 7.01. The summed E-state index contributed by atoms with van der Waals surface area (Å²) in [5, 5.41) is 19.2. The summed E-state index contributed by atoms with van der Waals surface area (Å²) < 4.78 is 0. The number of hydrogen-bond acceptors (Lipinski definition) is 5. The van der Waals surface area contributed by atoms with Crippen molar-refractivity contribution < 1.29 is 24.6 Å². The molecule has 6 heteroatoms. The molecule has 0 aliphatic heterocycles. The van der Waals surface area contributed by atoms with Crippen molar-refractivity contribution in [1.29, 1.82) is 0 Å². The zero-order chi connectivity index (χ0) is 21.0. The molecule has 3 N–H and O–H groups in total. The molecule has 4 aliphatic rings. The molecule has 0 heterocycles. The Morgan fingerprint density at radius 3 is 2.62 bits per heavy atom. The molecule has 0 radical (unpaired) electrons. The van der Waals surface area contributed by atoms with Crippen molar-refractivity contribution in [1.82, 2.24) is 5.48 Å². The number of hydroxylamine groups is 1. The number of carbonyl (C=O) groups is 2. The fraction of sp³-hybridized carbons (Fsp3) is 0.739. The number of hydrogen-bond donors (Lipinski definition) is 3. The van der Waals surface area contributed by atoms with Crippen LogP contribution in [0.1, 0.15) is 65.7 Å². The maximum absolute atomic E-state index is 12.4. The number of Topliss-reactive ketones (excluding diaryl/α,β-unsaturated/α-hetero) is 1. The zero-order valence-electron chi connectivity index (χ0n) is 17.7. The van der Waals surface area contributed by atoms with Gasteiger partial charge in [0.25, 0.3) is 0 Å². The van der Waals surface area contributed by atoms with Crippen LogP contribution in [0.2, 0.25) is 0 Å². The molecule has 0 aromatic carbocycles. The first-order chi connectivity index (χ1) is 13.7. The molecule has 4 aliphatic carbocycles. The summed E-state index contributed by atoms with van der Waals surface area (Å²) in [6, 6.07) is 0. The van der Waals surface area contributed by atoms with Crippen molar-refractivity contribution in [2.24, 2.45) is 28.6 Å². The van der Waals surface area contributed by atoms with Crippen LogP contribution in [0.3, 0.4) is 0 Å². The van der Waals surface area contributed by atoms with Crippen LogP contribution in [-0.4, -0.2) is 34.7 Å². The first-order valence-corrected chi connectivity index (χ1v) is 10.9. The van der Waals surface area contributed by atoms with E-state index in [-0.39, 0.29) is 28.6 Å². The lowest BCUT2D eigenvalue weighted by Gasteiger charge is -2.55. The predicted octanol–water partition coefficient (Wildman–Crippen LogP) is 3.37. The number of aliphatic hydroxyl groups excluding tert-OH is 1. The lowest BCUT2D eigenvalue weighted by Crippen LogP contribution is -2.48. The lowest BCUT2D eigenvalue weighted by molar-refractivity contribution is -0.144. The fourth-order valence-corrected chi connectivity index (χ4v) is 7.01. The highest BCUT2D eigenvalue weighted by molar-refractivity contribution is 5.79. The molecule has 0 aromatic rings. The van der Waals surface area contributed by atoms with Crippen LogP contribution in [0.4, 0.5) is 0 Å². The van der Waals surface area contributed by atoms with Gasteiger partial charge in [-0.2, -0.15) is 0 Å². The van der Waals surface area contributed by atoms with Crippen LogP contribution >= 0.6 is 0 Å². The van der Waals surface area contributed by atoms with Crippen molar-refractivity contribution in [3.63, 3.8) is 0 Å². The summed E-state index contributed by atoms with van der Waals surface area (Å²) in [4.78, 5) is 28.6. The Morgan fingerprint density at radius 1 is 1.17 bits per heavy atom. The second-order valence-corrected chi connectivity index (χ2v) is 10.0. The molecule has 4 rings (SSSR count). The number of allylic oxidation sites excluding steroid dienone is 2. The van der Waals surface area contributed by atoms with Crippen LogP contribution in [0.5, 0.6) is 0 Å². The molecule has 0 saturated heterocycles. The van der Waals surface area contributed by atoms with Gasteiger partial charge in [-0.25, -0.2) is 4.79 Å². The summed E-state index contributed by atoms with van der Waals surface area (Å²) in [6.07, 6.45) is 8.15. The molecule has 3 fully saturated rings. The molecule has 0 aromatic heterocycles. The molecular formula is C23H33NO5. The largest absolute Gasteiger partial charge is 0.479 e. The van der Waals surface area contributed by atoms with E-state index >= 15 is 0 Å². The number of nitrogens with one attached hydrogen (secondary N) is 1. The van der Waals surface area contributed by atoms with Gasteiger partial charge >= 0.3 is 5.97 Å². The maximum Gasteiger partial charge on any atom is 0.332 e. The van der Waals surface area contributed by atoms with Crippen LogP contribution < -0.4 is 5.48 Å². The molecule has 29 heavy (non-hydrogen) atoms. The molecule has 0 amide bonds. The van der Waals surface area contributed by atoms with E-state index in [9.17, 15) is 14.7 Å². The highest BCUT2D eigenvalue weighted by Gasteiger charge is 2.58. The summed E-state index contributed by atoms with van der Waals surface area (Å²) in [5.74, 6) is -0.00692. The van der Waals surface area contributed by atoms with Crippen molar-refractivity contribution in [2.75, 3.05) is 6.61 Å². The Morgan fingerprint density at radius 2 is 1.93 bits per heavy atom. The average Bonchev–Trinajstić information content (AvgIpc) is 3.00. The highest BCUT2D eigenvalue weighted by atomic mass is 16.7. The summed E-state index contributed by atoms with van der Waals surface area (Å²) in [7, 11) is 0. The van der Waals surface area contributed by atoms with Crippen molar-refractivity contribution in [2.45, 2.75) is 71.8 Å². The first kappa shape index (κ1) is 20.6. The molecule has 6 nitrogen and oxygen atoms in total. The van der Waals surface area contributed by atoms with Gasteiger partial charge in [0.1, 0.15) is 5.78 Å². The van der Waals surface area contributed by atoms with Crippen molar-refractivity contribution in [3.05, 3.63) is 22.9 Å². The highest BCUT2D eigenvalue weighted by Crippen LogP contribution is 2.65. The SMILES string of the molecule is CC(=O)[C@H]1CCC2C3=C(NOCC(=O)O)C=C4C[C@@H](O)CC[C@]4(C)C3CC[C@@]21C. The molecular weight excluding hydrogens is 370 g/mol. The maximum atomic E-state index is 12.4. The number of fused-ring (bicyclic) bond motifs is 5. The van der Waals surface area contributed by atoms with E-state index in [1.54, 1.807) is 6.92 Å². The topological polar surface area (TPSA) is 95.9 Å². The van der Waals surface area contributed by atoms with Crippen molar-refractivity contribution in [3.8, 4) is 0 Å². The van der Waals surface area contributed by atoms with E-state index < -0.39 is 12.6 Å². The van der Waals surface area contributed by atoms with E-state index in [1.807, 2.05) is 0 Å². The monoisotopic (exact) mass is 403 g/mol. The third-order valence-corrected chi connectivity index (χ3v) is 8.51. The van der Waals surface area contributed by atoms with Gasteiger partial charge in [-0.15, -0.1) is 0 Å². The van der Waals surface area contributed by atoms with Gasteiger partial charge in [-0.3, -0.25) is 15.1 Å². The number of ketones is 1. The summed E-state index contributed by atoms with van der Waals surface area (Å²) in [6.45, 7) is 5.89. The van der Waals surface area contributed by atoms with E-state index in [2.05, 4.69) is 25.4 Å². The number of aliphatic carboxylic acids is 1. The Hall–Kier alpha value is -1.66. The van der Waals surface area contributed by atoms with E-state index in [0.717, 1.165) is 44.2 Å².